The monoisotopic (exact) mass is 248 g/mol. The van der Waals surface area contributed by atoms with Gasteiger partial charge in [-0.25, -0.2) is 0 Å². The Morgan fingerprint density at radius 3 is 2.50 bits per heavy atom. The maximum Gasteiger partial charge on any atom is 0.305 e. The highest BCUT2D eigenvalue weighted by atomic mass is 16.5. The summed E-state index contributed by atoms with van der Waals surface area (Å²) in [6.07, 6.45) is 1.05. The molecule has 0 aliphatic rings. The first-order valence-corrected chi connectivity index (χ1v) is 6.16. The van der Waals surface area contributed by atoms with Gasteiger partial charge >= 0.3 is 5.97 Å². The van der Waals surface area contributed by atoms with Gasteiger partial charge in [-0.15, -0.1) is 0 Å². The fraction of sp³-hybridized carbons (Fsp3) is 0.500. The highest BCUT2D eigenvalue weighted by molar-refractivity contribution is 5.69. The van der Waals surface area contributed by atoms with Gasteiger partial charge in [0.1, 0.15) is 0 Å². The van der Waals surface area contributed by atoms with Crippen molar-refractivity contribution in [2.24, 2.45) is 16.1 Å². The summed E-state index contributed by atoms with van der Waals surface area (Å²) in [7, 11) is 1.40. The van der Waals surface area contributed by atoms with E-state index in [0.717, 1.165) is 5.69 Å². The molecular formula is C14H20N2O2. The number of esters is 1. The minimum atomic E-state index is -0.199. The Balaban J connectivity index is 2.58. The molecule has 0 amide bonds. The van der Waals surface area contributed by atoms with Crippen molar-refractivity contribution >= 4 is 11.7 Å². The Morgan fingerprint density at radius 2 is 1.94 bits per heavy atom. The standard InChI is InChI=1S/C14H20N2O2/c1-11(2)13(9-10-14(17)18-3)16-15-12-7-5-4-6-8-12/h4-8,11,13H,9-10H2,1-3H3. The van der Waals surface area contributed by atoms with Crippen LogP contribution in [0.2, 0.25) is 0 Å². The average Bonchev–Trinajstić information content (AvgIpc) is 2.39. The summed E-state index contributed by atoms with van der Waals surface area (Å²) in [6.45, 7) is 4.15. The largest absolute Gasteiger partial charge is 0.469 e. The van der Waals surface area contributed by atoms with Crippen molar-refractivity contribution in [1.29, 1.82) is 0 Å². The molecule has 0 aliphatic heterocycles. The molecule has 0 radical (unpaired) electrons. The second kappa shape index (κ2) is 7.58. The van der Waals surface area contributed by atoms with E-state index in [-0.39, 0.29) is 12.0 Å². The van der Waals surface area contributed by atoms with Crippen LogP contribution in [0, 0.1) is 5.92 Å². The number of carbonyl (C=O) groups excluding carboxylic acids is 1. The first-order valence-electron chi connectivity index (χ1n) is 6.16. The molecule has 0 fully saturated rings. The Labute approximate surface area is 108 Å². The van der Waals surface area contributed by atoms with Crippen molar-refractivity contribution in [3.05, 3.63) is 30.3 Å². The van der Waals surface area contributed by atoms with E-state index in [2.05, 4.69) is 28.8 Å². The van der Waals surface area contributed by atoms with Crippen molar-refractivity contribution in [3.8, 4) is 0 Å². The van der Waals surface area contributed by atoms with E-state index in [0.29, 0.717) is 18.8 Å². The maximum atomic E-state index is 11.1. The highest BCUT2D eigenvalue weighted by Gasteiger charge is 2.14. The van der Waals surface area contributed by atoms with Crippen LogP contribution in [0.25, 0.3) is 0 Å². The number of benzene rings is 1. The molecular weight excluding hydrogens is 228 g/mol. The lowest BCUT2D eigenvalue weighted by atomic mass is 10.0. The number of hydrogen-bond donors (Lipinski definition) is 0. The van der Waals surface area contributed by atoms with Gasteiger partial charge in [0.2, 0.25) is 0 Å². The molecule has 0 heterocycles. The summed E-state index contributed by atoms with van der Waals surface area (Å²) in [4.78, 5) is 11.1. The molecule has 0 saturated heterocycles. The number of nitrogens with zero attached hydrogens (tertiary/aromatic N) is 2. The number of carbonyl (C=O) groups is 1. The van der Waals surface area contributed by atoms with Crippen LogP contribution in [-0.4, -0.2) is 19.1 Å². The topological polar surface area (TPSA) is 51.0 Å². The summed E-state index contributed by atoms with van der Waals surface area (Å²) in [6, 6.07) is 9.64. The van der Waals surface area contributed by atoms with Crippen molar-refractivity contribution in [2.45, 2.75) is 32.7 Å². The summed E-state index contributed by atoms with van der Waals surface area (Å²) in [5.74, 6) is 0.151. The lowest BCUT2D eigenvalue weighted by Gasteiger charge is -2.14. The second-order valence-electron chi connectivity index (χ2n) is 4.48. The van der Waals surface area contributed by atoms with Crippen LogP contribution in [0.4, 0.5) is 5.69 Å². The molecule has 0 saturated carbocycles. The van der Waals surface area contributed by atoms with Crippen LogP contribution in [0.15, 0.2) is 40.6 Å². The Hall–Kier alpha value is -1.71. The molecule has 4 nitrogen and oxygen atoms in total. The summed E-state index contributed by atoms with van der Waals surface area (Å²) >= 11 is 0. The quantitative estimate of drug-likeness (QED) is 0.568. The van der Waals surface area contributed by atoms with Gasteiger partial charge in [-0.2, -0.15) is 10.2 Å². The fourth-order valence-corrected chi connectivity index (χ4v) is 1.53. The van der Waals surface area contributed by atoms with Crippen molar-refractivity contribution in [2.75, 3.05) is 7.11 Å². The number of methoxy groups -OCH3 is 1. The Bertz CT molecular complexity index is 388. The van der Waals surface area contributed by atoms with Gasteiger partial charge in [-0.05, 0) is 24.5 Å². The van der Waals surface area contributed by atoms with E-state index >= 15 is 0 Å². The molecule has 1 aromatic carbocycles. The number of ether oxygens (including phenoxy) is 1. The minimum Gasteiger partial charge on any atom is -0.469 e. The van der Waals surface area contributed by atoms with Crippen LogP contribution >= 0.6 is 0 Å². The molecule has 98 valence electrons. The zero-order valence-corrected chi connectivity index (χ0v) is 11.2. The first kappa shape index (κ1) is 14.4. The lowest BCUT2D eigenvalue weighted by molar-refractivity contribution is -0.140. The third-order valence-corrected chi connectivity index (χ3v) is 2.72. The van der Waals surface area contributed by atoms with Gasteiger partial charge in [0.25, 0.3) is 0 Å². The molecule has 0 aromatic heterocycles. The van der Waals surface area contributed by atoms with Crippen molar-refractivity contribution < 1.29 is 9.53 Å². The van der Waals surface area contributed by atoms with Crippen LogP contribution in [0.3, 0.4) is 0 Å². The fourth-order valence-electron chi connectivity index (χ4n) is 1.53. The molecule has 1 atom stereocenters. The molecule has 1 aromatic rings. The molecule has 0 aliphatic carbocycles. The Kier molecular flexibility index (Phi) is 6.05. The average molecular weight is 248 g/mol. The molecule has 18 heavy (non-hydrogen) atoms. The summed E-state index contributed by atoms with van der Waals surface area (Å²) in [5, 5.41) is 8.52. The summed E-state index contributed by atoms with van der Waals surface area (Å²) < 4.78 is 4.63. The smallest absolute Gasteiger partial charge is 0.305 e. The van der Waals surface area contributed by atoms with Gasteiger partial charge in [0, 0.05) is 6.42 Å². The van der Waals surface area contributed by atoms with Crippen molar-refractivity contribution in [1.82, 2.24) is 0 Å². The minimum absolute atomic E-state index is 0.0457. The van der Waals surface area contributed by atoms with Gasteiger partial charge in [0.05, 0.1) is 18.8 Å². The lowest BCUT2D eigenvalue weighted by Crippen LogP contribution is -2.14. The van der Waals surface area contributed by atoms with E-state index in [4.69, 9.17) is 0 Å². The Morgan fingerprint density at radius 1 is 1.28 bits per heavy atom. The van der Waals surface area contributed by atoms with Crippen molar-refractivity contribution in [3.63, 3.8) is 0 Å². The SMILES string of the molecule is COC(=O)CCC(N=Nc1ccccc1)C(C)C. The maximum absolute atomic E-state index is 11.1. The predicted octanol–water partition coefficient (Wildman–Crippen LogP) is 3.75. The van der Waals surface area contributed by atoms with E-state index in [1.807, 2.05) is 30.3 Å². The summed E-state index contributed by atoms with van der Waals surface area (Å²) in [5.41, 5.74) is 0.834. The van der Waals surface area contributed by atoms with Gasteiger partial charge < -0.3 is 4.74 Å². The number of hydrogen-bond acceptors (Lipinski definition) is 4. The third kappa shape index (κ3) is 5.08. The van der Waals surface area contributed by atoms with E-state index in [1.165, 1.54) is 7.11 Å². The zero-order chi connectivity index (χ0) is 13.4. The van der Waals surface area contributed by atoms with Crippen LogP contribution in [-0.2, 0) is 9.53 Å². The van der Waals surface area contributed by atoms with Crippen LogP contribution in [0.5, 0.6) is 0 Å². The molecule has 1 unspecified atom stereocenters. The number of azo groups is 1. The first-order chi connectivity index (χ1) is 8.63. The third-order valence-electron chi connectivity index (χ3n) is 2.72. The zero-order valence-electron chi connectivity index (χ0n) is 11.2. The normalized spacial score (nSPS) is 12.9. The van der Waals surface area contributed by atoms with Gasteiger partial charge in [-0.1, -0.05) is 32.0 Å². The number of rotatable bonds is 6. The van der Waals surface area contributed by atoms with E-state index in [1.54, 1.807) is 0 Å². The van der Waals surface area contributed by atoms with Gasteiger partial charge in [-0.3, -0.25) is 4.79 Å². The molecule has 0 N–H and O–H groups in total. The van der Waals surface area contributed by atoms with E-state index < -0.39 is 0 Å². The molecule has 0 bridgehead atoms. The molecule has 4 heteroatoms. The highest BCUT2D eigenvalue weighted by Crippen LogP contribution is 2.17. The molecule has 1 rings (SSSR count). The molecule has 0 spiro atoms. The van der Waals surface area contributed by atoms with E-state index in [9.17, 15) is 4.79 Å². The van der Waals surface area contributed by atoms with Crippen LogP contribution in [0.1, 0.15) is 26.7 Å². The van der Waals surface area contributed by atoms with Crippen LogP contribution < -0.4 is 0 Å². The second-order valence-corrected chi connectivity index (χ2v) is 4.48. The van der Waals surface area contributed by atoms with Gasteiger partial charge in [0.15, 0.2) is 0 Å². The predicted molar refractivity (Wildman–Crippen MR) is 70.8 cm³/mol.